The number of aryl methyl sites for hydroxylation is 1. The molecule has 2 aromatic rings. The molecule has 1 aromatic heterocycles. The Balaban J connectivity index is 2.58. The fraction of sp³-hybridized carbons (Fsp3) is 0.182. The number of rotatable bonds is 2. The van der Waals surface area contributed by atoms with Crippen LogP contribution in [-0.4, -0.2) is 17.3 Å². The molecule has 0 spiro atoms. The molecule has 0 aliphatic carbocycles. The number of nitrogen functional groups attached to an aromatic ring is 1. The third kappa shape index (κ3) is 1.54. The number of hydrogen-bond acceptors (Lipinski definition) is 3. The van der Waals surface area contributed by atoms with Crippen molar-refractivity contribution >= 4 is 5.69 Å². The standard InChI is InChI=1S/C11H13N3O/c1-7-10(12)11(14-13-7)8-5-3-4-6-9(8)15-2/h3-6H,12H2,1-2H3,(H,13,14). The molecular formula is C11H13N3O. The van der Waals surface area contributed by atoms with E-state index in [1.165, 1.54) is 0 Å². The number of para-hydroxylation sites is 1. The van der Waals surface area contributed by atoms with Crippen LogP contribution in [0.15, 0.2) is 24.3 Å². The van der Waals surface area contributed by atoms with Crippen LogP contribution in [0.1, 0.15) is 5.69 Å². The first-order valence-corrected chi connectivity index (χ1v) is 4.68. The summed E-state index contributed by atoms with van der Waals surface area (Å²) in [4.78, 5) is 0. The van der Waals surface area contributed by atoms with Crippen LogP contribution in [-0.2, 0) is 0 Å². The van der Waals surface area contributed by atoms with Crippen molar-refractivity contribution in [2.24, 2.45) is 0 Å². The normalized spacial score (nSPS) is 10.3. The molecule has 4 heteroatoms. The predicted octanol–water partition coefficient (Wildman–Crippen LogP) is 1.98. The van der Waals surface area contributed by atoms with Crippen LogP contribution >= 0.6 is 0 Å². The van der Waals surface area contributed by atoms with Gasteiger partial charge in [0.05, 0.1) is 18.5 Å². The lowest BCUT2D eigenvalue weighted by Gasteiger charge is -2.05. The fourth-order valence-corrected chi connectivity index (χ4v) is 1.48. The highest BCUT2D eigenvalue weighted by molar-refractivity contribution is 5.78. The minimum absolute atomic E-state index is 0.666. The number of ether oxygens (including phenoxy) is 1. The van der Waals surface area contributed by atoms with E-state index in [1.54, 1.807) is 7.11 Å². The number of benzene rings is 1. The smallest absolute Gasteiger partial charge is 0.128 e. The van der Waals surface area contributed by atoms with E-state index in [0.717, 1.165) is 22.7 Å². The summed E-state index contributed by atoms with van der Waals surface area (Å²) < 4.78 is 5.25. The summed E-state index contributed by atoms with van der Waals surface area (Å²) in [6.07, 6.45) is 0. The molecule has 4 nitrogen and oxygen atoms in total. The Kier molecular flexibility index (Phi) is 2.33. The van der Waals surface area contributed by atoms with Gasteiger partial charge in [0, 0.05) is 5.56 Å². The quantitative estimate of drug-likeness (QED) is 0.784. The molecule has 0 bridgehead atoms. The topological polar surface area (TPSA) is 63.9 Å². The first kappa shape index (κ1) is 9.58. The third-order valence-corrected chi connectivity index (χ3v) is 2.36. The van der Waals surface area contributed by atoms with Gasteiger partial charge in [-0.05, 0) is 19.1 Å². The third-order valence-electron chi connectivity index (χ3n) is 2.36. The first-order valence-electron chi connectivity index (χ1n) is 4.68. The number of methoxy groups -OCH3 is 1. The molecule has 1 aromatic carbocycles. The molecule has 15 heavy (non-hydrogen) atoms. The lowest BCUT2D eigenvalue weighted by Crippen LogP contribution is -1.92. The number of nitrogens with two attached hydrogens (primary N) is 1. The summed E-state index contributed by atoms with van der Waals surface area (Å²) in [6.45, 7) is 1.89. The Labute approximate surface area is 88.1 Å². The number of aromatic amines is 1. The molecule has 0 saturated heterocycles. The fourth-order valence-electron chi connectivity index (χ4n) is 1.48. The number of hydrogen-bond donors (Lipinski definition) is 2. The van der Waals surface area contributed by atoms with Crippen LogP contribution in [0.4, 0.5) is 5.69 Å². The summed E-state index contributed by atoms with van der Waals surface area (Å²) in [5, 5.41) is 7.02. The minimum atomic E-state index is 0.666. The molecule has 0 amide bonds. The van der Waals surface area contributed by atoms with Gasteiger partial charge in [0.15, 0.2) is 0 Å². The van der Waals surface area contributed by atoms with Crippen molar-refractivity contribution in [2.75, 3.05) is 12.8 Å². The second kappa shape index (κ2) is 3.65. The molecule has 3 N–H and O–H groups in total. The van der Waals surface area contributed by atoms with Crippen molar-refractivity contribution < 1.29 is 4.74 Å². The molecule has 1 heterocycles. The van der Waals surface area contributed by atoms with Gasteiger partial charge in [-0.2, -0.15) is 5.10 Å². The van der Waals surface area contributed by atoms with Crippen LogP contribution in [0.3, 0.4) is 0 Å². The maximum atomic E-state index is 5.91. The summed E-state index contributed by atoms with van der Waals surface area (Å²) >= 11 is 0. The largest absolute Gasteiger partial charge is 0.496 e. The van der Waals surface area contributed by atoms with Crippen LogP contribution in [0.2, 0.25) is 0 Å². The first-order chi connectivity index (χ1) is 7.24. The Morgan fingerprint density at radius 3 is 2.67 bits per heavy atom. The van der Waals surface area contributed by atoms with Gasteiger partial charge in [-0.15, -0.1) is 0 Å². The van der Waals surface area contributed by atoms with E-state index in [-0.39, 0.29) is 0 Å². The lowest BCUT2D eigenvalue weighted by molar-refractivity contribution is 0.416. The average molecular weight is 203 g/mol. The zero-order chi connectivity index (χ0) is 10.8. The van der Waals surface area contributed by atoms with Crippen LogP contribution in [0.25, 0.3) is 11.3 Å². The van der Waals surface area contributed by atoms with E-state index in [9.17, 15) is 0 Å². The van der Waals surface area contributed by atoms with E-state index in [2.05, 4.69) is 10.2 Å². The number of nitrogens with one attached hydrogen (secondary N) is 1. The van der Waals surface area contributed by atoms with Gasteiger partial charge < -0.3 is 10.5 Å². The van der Waals surface area contributed by atoms with Gasteiger partial charge >= 0.3 is 0 Å². The summed E-state index contributed by atoms with van der Waals surface area (Å²) in [5.74, 6) is 0.774. The second-order valence-electron chi connectivity index (χ2n) is 3.31. The van der Waals surface area contributed by atoms with Crippen LogP contribution < -0.4 is 10.5 Å². The Hall–Kier alpha value is -1.97. The van der Waals surface area contributed by atoms with Crippen molar-refractivity contribution in [3.05, 3.63) is 30.0 Å². The second-order valence-corrected chi connectivity index (χ2v) is 3.31. The number of H-pyrrole nitrogens is 1. The van der Waals surface area contributed by atoms with Crippen LogP contribution in [0.5, 0.6) is 5.75 Å². The summed E-state index contributed by atoms with van der Waals surface area (Å²) in [6, 6.07) is 7.67. The number of anilines is 1. The SMILES string of the molecule is COc1ccccc1-c1n[nH]c(C)c1N. The van der Waals surface area contributed by atoms with E-state index >= 15 is 0 Å². The molecule has 2 rings (SSSR count). The molecule has 0 aliphatic heterocycles. The van der Waals surface area contributed by atoms with Crippen molar-refractivity contribution in [1.29, 1.82) is 0 Å². The molecular weight excluding hydrogens is 190 g/mol. The van der Waals surface area contributed by atoms with E-state index in [1.807, 2.05) is 31.2 Å². The molecule has 0 aliphatic rings. The van der Waals surface area contributed by atoms with E-state index < -0.39 is 0 Å². The number of nitrogens with zero attached hydrogens (tertiary/aromatic N) is 1. The zero-order valence-electron chi connectivity index (χ0n) is 8.74. The van der Waals surface area contributed by atoms with Crippen molar-refractivity contribution in [2.45, 2.75) is 6.92 Å². The van der Waals surface area contributed by atoms with Crippen molar-refractivity contribution in [1.82, 2.24) is 10.2 Å². The highest BCUT2D eigenvalue weighted by Crippen LogP contribution is 2.32. The van der Waals surface area contributed by atoms with E-state index in [4.69, 9.17) is 10.5 Å². The van der Waals surface area contributed by atoms with E-state index in [0.29, 0.717) is 5.69 Å². The molecule has 0 unspecified atom stereocenters. The average Bonchev–Trinajstić information content (AvgIpc) is 2.60. The molecule has 0 saturated carbocycles. The Morgan fingerprint density at radius 1 is 1.33 bits per heavy atom. The van der Waals surface area contributed by atoms with Crippen molar-refractivity contribution in [3.8, 4) is 17.0 Å². The highest BCUT2D eigenvalue weighted by Gasteiger charge is 2.12. The molecule has 0 radical (unpaired) electrons. The molecule has 0 fully saturated rings. The maximum Gasteiger partial charge on any atom is 0.128 e. The predicted molar refractivity (Wildman–Crippen MR) is 59.7 cm³/mol. The van der Waals surface area contributed by atoms with Gasteiger partial charge in [-0.25, -0.2) is 0 Å². The molecule has 78 valence electrons. The number of aromatic nitrogens is 2. The zero-order valence-corrected chi connectivity index (χ0v) is 8.74. The Morgan fingerprint density at radius 2 is 2.07 bits per heavy atom. The summed E-state index contributed by atoms with van der Waals surface area (Å²) in [5.41, 5.74) is 9.09. The maximum absolute atomic E-state index is 5.91. The Bertz CT molecular complexity index is 476. The van der Waals surface area contributed by atoms with Gasteiger partial charge in [-0.1, -0.05) is 12.1 Å². The van der Waals surface area contributed by atoms with Crippen molar-refractivity contribution in [3.63, 3.8) is 0 Å². The van der Waals surface area contributed by atoms with Gasteiger partial charge in [0.25, 0.3) is 0 Å². The molecule has 0 atom stereocenters. The van der Waals surface area contributed by atoms with Gasteiger partial charge in [0.2, 0.25) is 0 Å². The van der Waals surface area contributed by atoms with Crippen LogP contribution in [0, 0.1) is 6.92 Å². The highest BCUT2D eigenvalue weighted by atomic mass is 16.5. The monoisotopic (exact) mass is 203 g/mol. The van der Waals surface area contributed by atoms with Gasteiger partial charge in [0.1, 0.15) is 11.4 Å². The minimum Gasteiger partial charge on any atom is -0.496 e. The van der Waals surface area contributed by atoms with Gasteiger partial charge in [-0.3, -0.25) is 5.10 Å². The summed E-state index contributed by atoms with van der Waals surface area (Å²) in [7, 11) is 1.63. The lowest BCUT2D eigenvalue weighted by atomic mass is 10.1.